The summed E-state index contributed by atoms with van der Waals surface area (Å²) < 4.78 is 61.1. The minimum Gasteiger partial charge on any atom is -0.463 e. The van der Waals surface area contributed by atoms with E-state index < -0.39 is 91.5 Å². The SMILES string of the molecule is CC/C=C\C/C=C\C/C=C\C/C=C\C/C=C\C/C=C\CCCCCCC(=O)OCC(COP(=O)(O)OCC(O)COP(=O)(O)OCC(O)COC(=O)CCCCCCCCCCCCCCC/C=C\C/C=C\C/C=C\C/C=C\C/C=C\CC)OC(=O)CCC/C=C\C/C=C\C/C=C\C/C=C\C/C=C\CC. The van der Waals surface area contributed by atoms with Crippen molar-refractivity contribution in [1.29, 1.82) is 0 Å². The van der Waals surface area contributed by atoms with Gasteiger partial charge in [-0.05, 0) is 154 Å². The number of carbonyl (C=O) groups is 3. The van der Waals surface area contributed by atoms with Crippen LogP contribution < -0.4 is 0 Å². The molecule has 0 radical (unpaired) electrons. The van der Waals surface area contributed by atoms with E-state index in [1.54, 1.807) is 0 Å². The van der Waals surface area contributed by atoms with Crippen molar-refractivity contribution >= 4 is 33.6 Å². The van der Waals surface area contributed by atoms with Crippen molar-refractivity contribution in [2.24, 2.45) is 0 Å². The normalized spacial score (nSPS) is 15.0. The van der Waals surface area contributed by atoms with E-state index in [9.17, 15) is 43.5 Å². The van der Waals surface area contributed by atoms with E-state index in [0.717, 1.165) is 154 Å². The molecule has 105 heavy (non-hydrogen) atoms. The molecule has 16 nitrogen and oxygen atoms in total. The highest BCUT2D eigenvalue weighted by molar-refractivity contribution is 7.47. The van der Waals surface area contributed by atoms with Gasteiger partial charge in [-0.15, -0.1) is 0 Å². The van der Waals surface area contributed by atoms with Crippen LogP contribution in [0.5, 0.6) is 0 Å². The number of rotatable bonds is 73. The Bertz CT molecular complexity index is 2690. The van der Waals surface area contributed by atoms with E-state index >= 15 is 0 Å². The van der Waals surface area contributed by atoms with Gasteiger partial charge in [-0.1, -0.05) is 299 Å². The first-order valence-electron chi connectivity index (χ1n) is 39.7. The van der Waals surface area contributed by atoms with Crippen LogP contribution in [0, 0.1) is 0 Å². The Morgan fingerprint density at radius 3 is 0.781 bits per heavy atom. The molecule has 0 saturated heterocycles. The molecule has 0 saturated carbocycles. The molecule has 0 aliphatic heterocycles. The molecule has 0 rings (SSSR count). The first-order chi connectivity index (χ1) is 51.2. The molecule has 0 amide bonds. The monoisotopic (exact) mass is 1500 g/mol. The molecule has 0 aromatic rings. The van der Waals surface area contributed by atoms with Crippen LogP contribution in [-0.2, 0) is 55.8 Å². The zero-order valence-corrected chi connectivity index (χ0v) is 66.6. The molecule has 18 heteroatoms. The van der Waals surface area contributed by atoms with Gasteiger partial charge in [-0.25, -0.2) is 9.13 Å². The Hall–Kier alpha value is -5.61. The Labute approximate surface area is 636 Å². The van der Waals surface area contributed by atoms with Crippen LogP contribution in [0.25, 0.3) is 0 Å². The maximum Gasteiger partial charge on any atom is 0.472 e. The lowest BCUT2D eigenvalue weighted by Gasteiger charge is -2.21. The molecule has 0 heterocycles. The number of aliphatic hydroxyl groups excluding tert-OH is 2. The molecule has 0 fully saturated rings. The van der Waals surface area contributed by atoms with Crippen LogP contribution in [0.1, 0.15) is 278 Å². The lowest BCUT2D eigenvalue weighted by atomic mass is 10.0. The van der Waals surface area contributed by atoms with Crippen LogP contribution in [0.2, 0.25) is 0 Å². The molecule has 0 bridgehead atoms. The molecule has 594 valence electrons. The Morgan fingerprint density at radius 1 is 0.267 bits per heavy atom. The van der Waals surface area contributed by atoms with E-state index in [1.807, 2.05) is 12.2 Å². The predicted octanol–water partition coefficient (Wildman–Crippen LogP) is 23.5. The first-order valence-corrected chi connectivity index (χ1v) is 42.7. The Balaban J connectivity index is 4.65. The lowest BCUT2D eigenvalue weighted by molar-refractivity contribution is -0.161. The minimum absolute atomic E-state index is 0.0123. The molecule has 0 spiro atoms. The quantitative estimate of drug-likeness (QED) is 0.0146. The summed E-state index contributed by atoms with van der Waals surface area (Å²) in [6.45, 7) is 2.22. The van der Waals surface area contributed by atoms with Gasteiger partial charge in [0.1, 0.15) is 25.4 Å². The highest BCUT2D eigenvalue weighted by Gasteiger charge is 2.29. The van der Waals surface area contributed by atoms with Crippen molar-refractivity contribution in [3.05, 3.63) is 194 Å². The van der Waals surface area contributed by atoms with Gasteiger partial charge in [-0.2, -0.15) is 0 Å². The van der Waals surface area contributed by atoms with Crippen molar-refractivity contribution in [2.45, 2.75) is 296 Å². The second kappa shape index (κ2) is 78.0. The number of unbranched alkanes of at least 4 members (excludes halogenated alkanes) is 18. The Kier molecular flexibility index (Phi) is 73.8. The number of hydrogen-bond acceptors (Lipinski definition) is 14. The fraction of sp³-hybridized carbons (Fsp3) is 0.598. The van der Waals surface area contributed by atoms with Gasteiger partial charge >= 0.3 is 33.6 Å². The number of aliphatic hydroxyl groups is 2. The zero-order valence-electron chi connectivity index (χ0n) is 64.8. The van der Waals surface area contributed by atoms with Gasteiger partial charge in [0.2, 0.25) is 0 Å². The largest absolute Gasteiger partial charge is 0.472 e. The summed E-state index contributed by atoms with van der Waals surface area (Å²) >= 11 is 0. The predicted molar refractivity (Wildman–Crippen MR) is 435 cm³/mol. The average molecular weight is 1500 g/mol. The van der Waals surface area contributed by atoms with Crippen LogP contribution in [0.3, 0.4) is 0 Å². The smallest absolute Gasteiger partial charge is 0.463 e. The van der Waals surface area contributed by atoms with E-state index in [1.165, 1.54) is 57.8 Å². The molecule has 0 aliphatic carbocycles. The van der Waals surface area contributed by atoms with Crippen LogP contribution in [-0.4, -0.2) is 95.9 Å². The van der Waals surface area contributed by atoms with Gasteiger partial charge in [0.25, 0.3) is 0 Å². The summed E-state index contributed by atoms with van der Waals surface area (Å²) in [5, 5.41) is 20.6. The van der Waals surface area contributed by atoms with Crippen molar-refractivity contribution in [3.63, 3.8) is 0 Å². The topological polar surface area (TPSA) is 231 Å². The molecule has 0 aromatic heterocycles. The summed E-state index contributed by atoms with van der Waals surface area (Å²) in [6, 6.07) is 0. The summed E-state index contributed by atoms with van der Waals surface area (Å²) in [5.41, 5.74) is 0. The van der Waals surface area contributed by atoms with E-state index in [2.05, 4.69) is 203 Å². The van der Waals surface area contributed by atoms with E-state index in [-0.39, 0.29) is 19.3 Å². The fourth-order valence-corrected chi connectivity index (χ4v) is 11.5. The number of esters is 3. The van der Waals surface area contributed by atoms with Gasteiger partial charge in [0.15, 0.2) is 6.10 Å². The number of phosphoric ester groups is 2. The van der Waals surface area contributed by atoms with Gasteiger partial charge < -0.3 is 34.2 Å². The van der Waals surface area contributed by atoms with Gasteiger partial charge in [0, 0.05) is 19.3 Å². The molecule has 5 unspecified atom stereocenters. The third-order valence-corrected chi connectivity index (χ3v) is 17.7. The molecular formula is C87H140O16P2. The molecular weight excluding hydrogens is 1360 g/mol. The molecule has 0 aliphatic rings. The highest BCUT2D eigenvalue weighted by atomic mass is 31.2. The summed E-state index contributed by atoms with van der Waals surface area (Å²) in [6.07, 6.45) is 102. The second-order valence-electron chi connectivity index (χ2n) is 25.7. The second-order valence-corrected chi connectivity index (χ2v) is 28.6. The van der Waals surface area contributed by atoms with Crippen molar-refractivity contribution in [2.75, 3.05) is 39.6 Å². The van der Waals surface area contributed by atoms with Crippen LogP contribution in [0.4, 0.5) is 0 Å². The third-order valence-electron chi connectivity index (χ3n) is 15.8. The summed E-state index contributed by atoms with van der Waals surface area (Å²) in [7, 11) is -9.83. The number of phosphoric acid groups is 2. The van der Waals surface area contributed by atoms with E-state index in [4.69, 9.17) is 32.3 Å². The number of hydrogen-bond donors (Lipinski definition) is 4. The Morgan fingerprint density at radius 2 is 0.486 bits per heavy atom. The molecule has 4 N–H and O–H groups in total. The summed E-state index contributed by atoms with van der Waals surface area (Å²) in [5.74, 6) is -1.69. The molecule has 0 aromatic carbocycles. The molecule has 5 atom stereocenters. The van der Waals surface area contributed by atoms with Crippen molar-refractivity contribution in [3.8, 4) is 0 Å². The minimum atomic E-state index is -4.96. The lowest BCUT2D eigenvalue weighted by Crippen LogP contribution is -2.30. The number of ether oxygens (including phenoxy) is 3. The third kappa shape index (κ3) is 79.3. The van der Waals surface area contributed by atoms with Gasteiger partial charge in [0.05, 0.1) is 26.4 Å². The fourth-order valence-electron chi connectivity index (χ4n) is 9.87. The highest BCUT2D eigenvalue weighted by Crippen LogP contribution is 2.45. The first kappa shape index (κ1) is 99.4. The van der Waals surface area contributed by atoms with Crippen LogP contribution in [0.15, 0.2) is 194 Å². The standard InChI is InChI=1S/C87H140O16P2/c1-4-7-10-13-16-19-22-25-28-31-33-35-37-38-39-40-41-42-44-46-47-50-52-55-58-61-64-67-70-73-85(90)97-76-82(88)77-99-104(93,94)100-78-83(89)79-101-105(95,96)102-81-84(103-87(92)75-72-69-66-63-60-57-54-49-30-27-24-21-18-15-12-9-6-3)80-98-86(91)74-71-68-65-62-59-56-53-51-48-45-43-36-34-32-29-26-23-20-17-14-11-8-5-2/h7-12,16-21,25-30,33-36,38-39,45,48,53-54,56-57,63,66,82-84,88-89H,4-6,13-15,22-24,31-32,37,40-44,46-47,49-52,55,58-62,64-65,67-81H2,1-3H3,(H,93,94)(H,95,96)/b10-7-,11-8-,12-9-,19-16-,20-17-,21-18-,28-25-,29-26-,30-27-,35-33-,36-34-,39-38-,48-45-,56-53-,57-54-,66-63-. The summed E-state index contributed by atoms with van der Waals surface area (Å²) in [4.78, 5) is 58.7. The number of carbonyl (C=O) groups excluding carboxylic acids is 3. The van der Waals surface area contributed by atoms with Crippen molar-refractivity contribution < 1.29 is 75.8 Å². The van der Waals surface area contributed by atoms with Gasteiger partial charge in [-0.3, -0.25) is 32.5 Å². The van der Waals surface area contributed by atoms with Crippen molar-refractivity contribution in [1.82, 2.24) is 0 Å². The average Bonchev–Trinajstić information content (AvgIpc) is 0.913. The zero-order chi connectivity index (χ0) is 76.6. The number of allylic oxidation sites excluding steroid dienone is 32. The van der Waals surface area contributed by atoms with Crippen LogP contribution >= 0.6 is 15.6 Å². The maximum absolute atomic E-state index is 13.0. The maximum atomic E-state index is 13.0. The van der Waals surface area contributed by atoms with E-state index in [0.29, 0.717) is 25.7 Å².